The number of ether oxygens (including phenoxy) is 1. The number of nitrogens with one attached hydrogen (secondary N) is 1. The second-order valence-electron chi connectivity index (χ2n) is 4.00. The molecule has 1 aromatic rings. The Balaban J connectivity index is 2.30. The zero-order valence-electron chi connectivity index (χ0n) is 9.26. The molecule has 0 spiro atoms. The summed E-state index contributed by atoms with van der Waals surface area (Å²) in [4.78, 5) is 0. The number of benzene rings is 1. The lowest BCUT2D eigenvalue weighted by Gasteiger charge is -2.20. The van der Waals surface area contributed by atoms with Crippen molar-refractivity contribution in [1.29, 1.82) is 0 Å². The van der Waals surface area contributed by atoms with Crippen molar-refractivity contribution in [2.75, 3.05) is 19.7 Å². The van der Waals surface area contributed by atoms with Crippen molar-refractivity contribution >= 4 is 0 Å². The first-order valence-corrected chi connectivity index (χ1v) is 5.57. The van der Waals surface area contributed by atoms with Crippen LogP contribution in [0.2, 0.25) is 0 Å². The van der Waals surface area contributed by atoms with E-state index in [9.17, 15) is 13.2 Å². The molecule has 17 heavy (non-hydrogen) atoms. The van der Waals surface area contributed by atoms with E-state index in [1.54, 1.807) is 6.07 Å². The van der Waals surface area contributed by atoms with Gasteiger partial charge in [0.1, 0.15) is 0 Å². The van der Waals surface area contributed by atoms with E-state index in [1.807, 2.05) is 0 Å². The topological polar surface area (TPSA) is 21.3 Å². The molecule has 1 aliphatic heterocycles. The maximum absolute atomic E-state index is 12.8. The van der Waals surface area contributed by atoms with Gasteiger partial charge in [0.2, 0.25) is 0 Å². The van der Waals surface area contributed by atoms with Gasteiger partial charge in [-0.3, -0.25) is 0 Å². The van der Waals surface area contributed by atoms with Crippen LogP contribution < -0.4 is 5.32 Å². The minimum absolute atomic E-state index is 0.217. The molecule has 1 N–H and O–H groups in total. The van der Waals surface area contributed by atoms with Gasteiger partial charge in [-0.2, -0.15) is 13.2 Å². The van der Waals surface area contributed by atoms with Gasteiger partial charge >= 0.3 is 6.18 Å². The minimum Gasteiger partial charge on any atom is -0.372 e. The molecular weight excluding hydrogens is 231 g/mol. The van der Waals surface area contributed by atoms with Crippen LogP contribution >= 0.6 is 0 Å². The molecule has 2 rings (SSSR count). The maximum atomic E-state index is 12.8. The summed E-state index contributed by atoms with van der Waals surface area (Å²) in [5.74, 6) is 0. The summed E-state index contributed by atoms with van der Waals surface area (Å²) in [6.45, 7) is 1.70. The van der Waals surface area contributed by atoms with Crippen LogP contribution in [0.3, 0.4) is 0 Å². The van der Waals surface area contributed by atoms with Crippen LogP contribution in [-0.4, -0.2) is 19.7 Å². The molecule has 1 aromatic carbocycles. The van der Waals surface area contributed by atoms with E-state index in [0.29, 0.717) is 13.2 Å². The van der Waals surface area contributed by atoms with Crippen molar-refractivity contribution < 1.29 is 17.9 Å². The molecule has 0 amide bonds. The van der Waals surface area contributed by atoms with E-state index in [2.05, 4.69) is 5.32 Å². The third-order valence-electron chi connectivity index (χ3n) is 2.76. The van der Waals surface area contributed by atoms with Gasteiger partial charge in [-0.15, -0.1) is 0 Å². The predicted molar refractivity (Wildman–Crippen MR) is 57.6 cm³/mol. The van der Waals surface area contributed by atoms with Gasteiger partial charge in [0.05, 0.1) is 11.7 Å². The summed E-state index contributed by atoms with van der Waals surface area (Å²) in [6.07, 6.45) is -4.02. The SMILES string of the molecule is FC(F)(F)c1ccccc1C1CNCCCO1. The number of rotatable bonds is 1. The zero-order valence-corrected chi connectivity index (χ0v) is 9.26. The number of alkyl halides is 3. The van der Waals surface area contributed by atoms with E-state index >= 15 is 0 Å². The Labute approximate surface area is 97.8 Å². The van der Waals surface area contributed by atoms with Crippen LogP contribution in [-0.2, 0) is 10.9 Å². The molecule has 1 aliphatic rings. The second kappa shape index (κ2) is 5.06. The Kier molecular flexibility index (Phi) is 3.69. The Morgan fingerprint density at radius 1 is 1.24 bits per heavy atom. The third kappa shape index (κ3) is 2.98. The highest BCUT2D eigenvalue weighted by atomic mass is 19.4. The highest BCUT2D eigenvalue weighted by Gasteiger charge is 2.35. The number of hydrogen-bond acceptors (Lipinski definition) is 2. The normalized spacial score (nSPS) is 22.2. The summed E-state index contributed by atoms with van der Waals surface area (Å²) in [5, 5.41) is 3.08. The van der Waals surface area contributed by atoms with Gasteiger partial charge in [0.15, 0.2) is 0 Å². The lowest BCUT2D eigenvalue weighted by molar-refractivity contribution is -0.139. The smallest absolute Gasteiger partial charge is 0.372 e. The summed E-state index contributed by atoms with van der Waals surface area (Å²) in [5.41, 5.74) is -0.386. The van der Waals surface area contributed by atoms with Crippen molar-refractivity contribution in [3.05, 3.63) is 35.4 Å². The molecule has 0 aromatic heterocycles. The highest BCUT2D eigenvalue weighted by molar-refractivity contribution is 5.32. The molecule has 2 nitrogen and oxygen atoms in total. The maximum Gasteiger partial charge on any atom is 0.416 e. The first-order chi connectivity index (χ1) is 8.09. The molecule has 0 aliphatic carbocycles. The molecular formula is C12H14F3NO. The minimum atomic E-state index is -4.33. The second-order valence-corrected chi connectivity index (χ2v) is 4.00. The molecule has 1 unspecified atom stereocenters. The highest BCUT2D eigenvalue weighted by Crippen LogP contribution is 2.35. The van der Waals surface area contributed by atoms with E-state index in [4.69, 9.17) is 4.74 Å². The Hall–Kier alpha value is -1.07. The molecule has 1 saturated heterocycles. The first kappa shape index (κ1) is 12.4. The average molecular weight is 245 g/mol. The molecule has 1 fully saturated rings. The average Bonchev–Trinajstić information content (AvgIpc) is 2.56. The fourth-order valence-corrected chi connectivity index (χ4v) is 1.95. The lowest BCUT2D eigenvalue weighted by atomic mass is 10.0. The predicted octanol–water partition coefficient (Wildman–Crippen LogP) is 2.76. The van der Waals surface area contributed by atoms with Crippen molar-refractivity contribution in [3.8, 4) is 0 Å². The molecule has 5 heteroatoms. The van der Waals surface area contributed by atoms with Crippen LogP contribution in [0.1, 0.15) is 23.7 Å². The molecule has 94 valence electrons. The van der Waals surface area contributed by atoms with Gasteiger partial charge in [-0.1, -0.05) is 18.2 Å². The van der Waals surface area contributed by atoms with E-state index < -0.39 is 17.8 Å². The Morgan fingerprint density at radius 2 is 2.00 bits per heavy atom. The van der Waals surface area contributed by atoms with Crippen LogP contribution in [0.25, 0.3) is 0 Å². The van der Waals surface area contributed by atoms with Gasteiger partial charge in [0, 0.05) is 13.2 Å². The third-order valence-corrected chi connectivity index (χ3v) is 2.76. The van der Waals surface area contributed by atoms with Crippen LogP contribution in [0, 0.1) is 0 Å². The van der Waals surface area contributed by atoms with Crippen LogP contribution in [0.4, 0.5) is 13.2 Å². The molecule has 0 saturated carbocycles. The van der Waals surface area contributed by atoms with Crippen molar-refractivity contribution in [1.82, 2.24) is 5.32 Å². The molecule has 1 heterocycles. The van der Waals surface area contributed by atoms with E-state index in [0.717, 1.165) is 19.0 Å². The standard InChI is InChI=1S/C12H14F3NO/c13-12(14,15)10-5-2-1-4-9(10)11-8-16-6-3-7-17-11/h1-2,4-5,11,16H,3,6-8H2. The van der Waals surface area contributed by atoms with Crippen molar-refractivity contribution in [2.45, 2.75) is 18.7 Å². The molecule has 0 radical (unpaired) electrons. The van der Waals surface area contributed by atoms with Gasteiger partial charge < -0.3 is 10.1 Å². The zero-order chi connectivity index (χ0) is 12.3. The summed E-state index contributed by atoms with van der Waals surface area (Å²) < 4.78 is 43.9. The fraction of sp³-hybridized carbons (Fsp3) is 0.500. The van der Waals surface area contributed by atoms with Crippen LogP contribution in [0.15, 0.2) is 24.3 Å². The molecule has 0 bridgehead atoms. The Morgan fingerprint density at radius 3 is 2.76 bits per heavy atom. The lowest BCUT2D eigenvalue weighted by Crippen LogP contribution is -2.22. The summed E-state index contributed by atoms with van der Waals surface area (Å²) in [7, 11) is 0. The number of halogens is 3. The van der Waals surface area contributed by atoms with Crippen LogP contribution in [0.5, 0.6) is 0 Å². The van der Waals surface area contributed by atoms with Gasteiger partial charge in [-0.25, -0.2) is 0 Å². The molecule has 1 atom stereocenters. The van der Waals surface area contributed by atoms with Gasteiger partial charge in [-0.05, 0) is 24.6 Å². The van der Waals surface area contributed by atoms with Crippen molar-refractivity contribution in [3.63, 3.8) is 0 Å². The van der Waals surface area contributed by atoms with E-state index in [-0.39, 0.29) is 5.56 Å². The van der Waals surface area contributed by atoms with Gasteiger partial charge in [0.25, 0.3) is 0 Å². The number of hydrogen-bond donors (Lipinski definition) is 1. The monoisotopic (exact) mass is 245 g/mol. The van der Waals surface area contributed by atoms with Crippen molar-refractivity contribution in [2.24, 2.45) is 0 Å². The quantitative estimate of drug-likeness (QED) is 0.821. The largest absolute Gasteiger partial charge is 0.416 e. The fourth-order valence-electron chi connectivity index (χ4n) is 1.95. The first-order valence-electron chi connectivity index (χ1n) is 5.57. The summed E-state index contributed by atoms with van der Waals surface area (Å²) >= 11 is 0. The Bertz CT molecular complexity index is 370. The van der Waals surface area contributed by atoms with E-state index in [1.165, 1.54) is 12.1 Å². The summed E-state index contributed by atoms with van der Waals surface area (Å²) in [6, 6.07) is 5.60.